The number of aliphatic hydroxyl groups is 3. The fourth-order valence-electron chi connectivity index (χ4n) is 2.29. The fourth-order valence-corrected chi connectivity index (χ4v) is 2.29. The molecule has 2 atom stereocenters. The maximum atomic E-state index is 11.4. The lowest BCUT2D eigenvalue weighted by atomic mass is 10.1. The van der Waals surface area contributed by atoms with Gasteiger partial charge in [-0.3, -0.25) is 4.79 Å². The zero-order chi connectivity index (χ0) is 20.9. The van der Waals surface area contributed by atoms with E-state index in [-0.39, 0.29) is 18.7 Å². The first-order valence-corrected chi connectivity index (χ1v) is 10.4. The van der Waals surface area contributed by atoms with Crippen molar-refractivity contribution in [2.45, 2.75) is 76.9 Å². The molecule has 0 bridgehead atoms. The van der Waals surface area contributed by atoms with Crippen molar-refractivity contribution in [3.8, 4) is 0 Å². The normalized spacial score (nSPS) is 14.6. The number of hydrogen-bond donors (Lipinski definition) is 3. The molecule has 0 unspecified atom stereocenters. The number of esters is 1. The van der Waals surface area contributed by atoms with Crippen LogP contribution in [-0.2, 0) is 9.53 Å². The molecule has 0 heterocycles. The Labute approximate surface area is 170 Å². The first kappa shape index (κ1) is 26.3. The minimum absolute atomic E-state index is 0.153. The molecule has 5 nitrogen and oxygen atoms in total. The van der Waals surface area contributed by atoms with Gasteiger partial charge in [0.05, 0.1) is 12.7 Å². The molecule has 0 fully saturated rings. The average Bonchev–Trinajstić information content (AvgIpc) is 2.69. The predicted molar refractivity (Wildman–Crippen MR) is 114 cm³/mol. The van der Waals surface area contributed by atoms with E-state index in [4.69, 9.17) is 14.9 Å². The highest BCUT2D eigenvalue weighted by Crippen LogP contribution is 2.04. The second-order valence-electron chi connectivity index (χ2n) is 6.70. The minimum atomic E-state index is -0.997. The van der Waals surface area contributed by atoms with E-state index < -0.39 is 12.7 Å². The highest BCUT2D eigenvalue weighted by molar-refractivity contribution is 5.69. The van der Waals surface area contributed by atoms with Crippen molar-refractivity contribution >= 4 is 5.97 Å². The smallest absolute Gasteiger partial charge is 0.305 e. The third-order valence-corrected chi connectivity index (χ3v) is 3.96. The van der Waals surface area contributed by atoms with Crippen molar-refractivity contribution in [3.63, 3.8) is 0 Å². The summed E-state index contributed by atoms with van der Waals surface area (Å²) < 4.78 is 4.82. The highest BCUT2D eigenvalue weighted by Gasteiger charge is 2.06. The van der Waals surface area contributed by atoms with Crippen molar-refractivity contribution < 1.29 is 24.9 Å². The number of unbranched alkanes of at least 4 members (excludes halogenated alkanes) is 3. The van der Waals surface area contributed by atoms with E-state index in [1.807, 2.05) is 24.3 Å². The number of hydrogen-bond acceptors (Lipinski definition) is 5. The molecule has 0 aromatic rings. The Bertz CT molecular complexity index is 479. The fraction of sp³-hybridized carbons (Fsp3) is 0.609. The summed E-state index contributed by atoms with van der Waals surface area (Å²) in [6.45, 7) is 1.60. The van der Waals surface area contributed by atoms with E-state index in [1.165, 1.54) is 12.8 Å². The number of ether oxygens (including phenoxy) is 1. The van der Waals surface area contributed by atoms with Crippen LogP contribution in [0.1, 0.15) is 64.7 Å². The minimum Gasteiger partial charge on any atom is -0.463 e. The van der Waals surface area contributed by atoms with Gasteiger partial charge in [-0.25, -0.2) is 0 Å². The van der Waals surface area contributed by atoms with E-state index in [9.17, 15) is 9.90 Å². The lowest BCUT2D eigenvalue weighted by molar-refractivity contribution is -0.147. The van der Waals surface area contributed by atoms with Gasteiger partial charge in [0.1, 0.15) is 12.7 Å². The number of aliphatic hydroxyl groups excluding tert-OH is 3. The second-order valence-corrected chi connectivity index (χ2v) is 6.70. The summed E-state index contributed by atoms with van der Waals surface area (Å²) in [5, 5.41) is 27.4. The maximum absolute atomic E-state index is 11.4. The molecular formula is C23H38O5. The number of carbonyl (C=O) groups excluding carboxylic acids is 1. The van der Waals surface area contributed by atoms with Crippen LogP contribution in [0.15, 0.2) is 48.6 Å². The van der Waals surface area contributed by atoms with Gasteiger partial charge < -0.3 is 20.1 Å². The third kappa shape index (κ3) is 19.1. The van der Waals surface area contributed by atoms with Crippen LogP contribution in [0.3, 0.4) is 0 Å². The molecule has 3 N–H and O–H groups in total. The maximum Gasteiger partial charge on any atom is 0.305 e. The third-order valence-electron chi connectivity index (χ3n) is 3.96. The molecule has 0 aromatic heterocycles. The number of carbonyl (C=O) groups is 1. The van der Waals surface area contributed by atoms with Gasteiger partial charge in [0.25, 0.3) is 0 Å². The first-order chi connectivity index (χ1) is 13.6. The van der Waals surface area contributed by atoms with Gasteiger partial charge in [0.2, 0.25) is 0 Å². The van der Waals surface area contributed by atoms with Crippen LogP contribution < -0.4 is 0 Å². The summed E-state index contributed by atoms with van der Waals surface area (Å²) in [5.74, 6) is -0.352. The van der Waals surface area contributed by atoms with Gasteiger partial charge in [0, 0.05) is 6.42 Å². The Hall–Kier alpha value is -1.69. The summed E-state index contributed by atoms with van der Waals surface area (Å²) >= 11 is 0. The van der Waals surface area contributed by atoms with Gasteiger partial charge in [-0.1, -0.05) is 74.8 Å². The second kappa shape index (κ2) is 20.1. The Kier molecular flexibility index (Phi) is 18.8. The van der Waals surface area contributed by atoms with Gasteiger partial charge in [0.15, 0.2) is 0 Å². The van der Waals surface area contributed by atoms with Gasteiger partial charge >= 0.3 is 5.97 Å². The van der Waals surface area contributed by atoms with Crippen molar-refractivity contribution in [3.05, 3.63) is 48.6 Å². The monoisotopic (exact) mass is 394 g/mol. The van der Waals surface area contributed by atoms with Crippen molar-refractivity contribution in [2.75, 3.05) is 13.2 Å². The molecule has 0 saturated heterocycles. The molecule has 5 heteroatoms. The summed E-state index contributed by atoms with van der Waals surface area (Å²) in [5.41, 5.74) is 0. The van der Waals surface area contributed by atoms with Gasteiger partial charge in [-0.05, 0) is 32.1 Å². The van der Waals surface area contributed by atoms with Crippen LogP contribution in [0.2, 0.25) is 0 Å². The number of allylic oxidation sites excluding steroid dienone is 7. The van der Waals surface area contributed by atoms with Crippen molar-refractivity contribution in [1.82, 2.24) is 0 Å². The van der Waals surface area contributed by atoms with E-state index in [2.05, 4.69) is 31.2 Å². The summed E-state index contributed by atoms with van der Waals surface area (Å²) in [6.07, 6.45) is 22.5. The Morgan fingerprint density at radius 2 is 1.68 bits per heavy atom. The molecule has 0 aliphatic heterocycles. The molecule has 0 rings (SSSR count). The quantitative estimate of drug-likeness (QED) is 0.150. The lowest BCUT2D eigenvalue weighted by Gasteiger charge is -2.07. The largest absolute Gasteiger partial charge is 0.463 e. The van der Waals surface area contributed by atoms with Gasteiger partial charge in [-0.15, -0.1) is 0 Å². The Morgan fingerprint density at radius 3 is 2.39 bits per heavy atom. The topological polar surface area (TPSA) is 87.0 Å². The molecule has 0 radical (unpaired) electrons. The van der Waals surface area contributed by atoms with E-state index in [0.29, 0.717) is 12.8 Å². The molecule has 0 aliphatic carbocycles. The molecule has 0 saturated carbocycles. The first-order valence-electron chi connectivity index (χ1n) is 10.4. The zero-order valence-corrected chi connectivity index (χ0v) is 17.2. The molecule has 160 valence electrons. The average molecular weight is 395 g/mol. The van der Waals surface area contributed by atoms with Crippen LogP contribution in [0.25, 0.3) is 0 Å². The van der Waals surface area contributed by atoms with Crippen LogP contribution in [0.5, 0.6) is 0 Å². The Balaban J connectivity index is 3.62. The van der Waals surface area contributed by atoms with Crippen molar-refractivity contribution in [2.24, 2.45) is 0 Å². The zero-order valence-electron chi connectivity index (χ0n) is 17.2. The SMILES string of the molecule is CCCCC[C@H](O)/C=C/C=C\C/C=C\C/C=C\CCCC(=O)OC[C@H](O)CO. The van der Waals surface area contributed by atoms with Crippen LogP contribution in [0, 0.1) is 0 Å². The molecular weight excluding hydrogens is 356 g/mol. The van der Waals surface area contributed by atoms with Crippen LogP contribution in [-0.4, -0.2) is 46.7 Å². The standard InChI is InChI=1S/C23H38O5/c1-2-3-13-16-21(25)17-14-11-9-7-5-4-6-8-10-12-15-18-23(27)28-20-22(26)19-24/h4-5,8-11,14,17,21-22,24-26H,2-3,6-7,12-13,15-16,18-20H2,1H3/b5-4-,10-8-,11-9-,17-14+/t21-,22+/m0/s1. The molecule has 28 heavy (non-hydrogen) atoms. The highest BCUT2D eigenvalue weighted by atomic mass is 16.5. The van der Waals surface area contributed by atoms with E-state index >= 15 is 0 Å². The van der Waals surface area contributed by atoms with E-state index in [0.717, 1.165) is 32.1 Å². The summed E-state index contributed by atoms with van der Waals surface area (Å²) in [4.78, 5) is 11.4. The van der Waals surface area contributed by atoms with E-state index in [1.54, 1.807) is 0 Å². The molecule has 0 aromatic carbocycles. The molecule has 0 aliphatic rings. The lowest BCUT2D eigenvalue weighted by Crippen LogP contribution is -2.21. The molecule has 0 spiro atoms. The van der Waals surface area contributed by atoms with Crippen molar-refractivity contribution in [1.29, 1.82) is 0 Å². The number of rotatable bonds is 17. The van der Waals surface area contributed by atoms with Gasteiger partial charge in [-0.2, -0.15) is 0 Å². The van der Waals surface area contributed by atoms with Crippen LogP contribution in [0.4, 0.5) is 0 Å². The summed E-state index contributed by atoms with van der Waals surface area (Å²) in [6, 6.07) is 0. The predicted octanol–water partition coefficient (Wildman–Crippen LogP) is 4.00. The Morgan fingerprint density at radius 1 is 0.964 bits per heavy atom. The molecule has 0 amide bonds. The van der Waals surface area contributed by atoms with Crippen LogP contribution >= 0.6 is 0 Å². The summed E-state index contributed by atoms with van der Waals surface area (Å²) in [7, 11) is 0.